The van der Waals surface area contributed by atoms with Crippen LogP contribution in [0.1, 0.15) is 24.2 Å². The first-order valence-electron chi connectivity index (χ1n) is 4.98. The fourth-order valence-electron chi connectivity index (χ4n) is 1.15. The highest BCUT2D eigenvalue weighted by Gasteiger charge is 2.27. The van der Waals surface area contributed by atoms with Crippen LogP contribution in [0.2, 0.25) is 0 Å². The third kappa shape index (κ3) is 2.98. The van der Waals surface area contributed by atoms with Crippen LogP contribution in [0.25, 0.3) is 0 Å². The molecule has 0 spiro atoms. The lowest BCUT2D eigenvalue weighted by molar-refractivity contribution is 0.0660. The first kappa shape index (κ1) is 13.5. The molecule has 0 bridgehead atoms. The number of benzene rings is 1. The van der Waals surface area contributed by atoms with E-state index in [1.165, 1.54) is 0 Å². The number of amides is 1. The van der Waals surface area contributed by atoms with Gasteiger partial charge in [0.15, 0.2) is 0 Å². The minimum atomic E-state index is -0.342. The molecule has 1 aromatic carbocycles. The molecule has 1 amide bonds. The molecule has 0 aromatic heterocycles. The number of carbonyl (C=O) groups excluding carboxylic acids is 1. The van der Waals surface area contributed by atoms with E-state index in [4.69, 9.17) is 11.6 Å². The zero-order valence-corrected chi connectivity index (χ0v) is 12.0. The molecule has 0 fully saturated rings. The van der Waals surface area contributed by atoms with Crippen LogP contribution in [0.4, 0.5) is 0 Å². The summed E-state index contributed by atoms with van der Waals surface area (Å²) in [6.07, 6.45) is 0. The predicted octanol–water partition coefficient (Wildman–Crippen LogP) is 3.54. The van der Waals surface area contributed by atoms with Crippen molar-refractivity contribution in [1.29, 1.82) is 0 Å². The number of halogens is 2. The smallest absolute Gasteiger partial charge is 0.254 e. The minimum absolute atomic E-state index is 0.0156. The first-order valence-corrected chi connectivity index (χ1v) is 6.31. The van der Waals surface area contributed by atoms with Gasteiger partial charge in [-0.05, 0) is 38.1 Å². The highest BCUT2D eigenvalue weighted by molar-refractivity contribution is 9.10. The van der Waals surface area contributed by atoms with E-state index in [2.05, 4.69) is 15.9 Å². The summed E-state index contributed by atoms with van der Waals surface area (Å²) in [4.78, 5) is 13.8. The number of nitrogens with zero attached hydrogens (tertiary/aromatic N) is 1. The van der Waals surface area contributed by atoms with Crippen molar-refractivity contribution < 1.29 is 4.79 Å². The largest absolute Gasteiger partial charge is 0.335 e. The second-order valence-corrected chi connectivity index (χ2v) is 5.50. The van der Waals surface area contributed by atoms with E-state index in [-0.39, 0.29) is 11.4 Å². The average molecular weight is 305 g/mol. The quantitative estimate of drug-likeness (QED) is 0.782. The fraction of sp³-hybridized carbons (Fsp3) is 0.417. The average Bonchev–Trinajstić information content (AvgIpc) is 2.28. The molecule has 0 radical (unpaired) electrons. The van der Waals surface area contributed by atoms with Gasteiger partial charge in [0.1, 0.15) is 0 Å². The fourth-order valence-corrected chi connectivity index (χ4v) is 1.59. The number of hydrogen-bond donors (Lipinski definition) is 0. The molecule has 0 unspecified atom stereocenters. The molecule has 0 aliphatic rings. The van der Waals surface area contributed by atoms with Gasteiger partial charge in [0.05, 0.1) is 5.54 Å². The summed E-state index contributed by atoms with van der Waals surface area (Å²) >= 11 is 9.18. The zero-order valence-electron chi connectivity index (χ0n) is 9.63. The number of rotatable bonds is 3. The van der Waals surface area contributed by atoms with Crippen LogP contribution >= 0.6 is 27.5 Å². The molecular formula is C12H15BrClNO. The van der Waals surface area contributed by atoms with Crippen LogP contribution in [0.15, 0.2) is 28.7 Å². The Morgan fingerprint density at radius 1 is 1.38 bits per heavy atom. The van der Waals surface area contributed by atoms with Crippen molar-refractivity contribution in [1.82, 2.24) is 4.90 Å². The van der Waals surface area contributed by atoms with Crippen molar-refractivity contribution in [3.63, 3.8) is 0 Å². The third-order valence-electron chi connectivity index (χ3n) is 2.63. The summed E-state index contributed by atoms with van der Waals surface area (Å²) in [5, 5.41) is 0. The van der Waals surface area contributed by atoms with Crippen molar-refractivity contribution >= 4 is 33.4 Å². The first-order chi connectivity index (χ1) is 7.38. The molecule has 0 N–H and O–H groups in total. The van der Waals surface area contributed by atoms with E-state index in [9.17, 15) is 4.79 Å². The minimum Gasteiger partial charge on any atom is -0.335 e. The molecule has 0 aliphatic heterocycles. The molecule has 0 atom stereocenters. The summed E-state index contributed by atoms with van der Waals surface area (Å²) in [5.74, 6) is 0.393. The summed E-state index contributed by atoms with van der Waals surface area (Å²) in [7, 11) is 1.77. The maximum atomic E-state index is 12.1. The number of alkyl halides is 1. The van der Waals surface area contributed by atoms with Gasteiger partial charge in [-0.2, -0.15) is 0 Å². The van der Waals surface area contributed by atoms with Gasteiger partial charge in [-0.1, -0.05) is 15.9 Å². The highest BCUT2D eigenvalue weighted by Crippen LogP contribution is 2.18. The Balaban J connectivity index is 2.90. The highest BCUT2D eigenvalue weighted by atomic mass is 79.9. The Labute approximate surface area is 110 Å². The molecule has 0 heterocycles. The van der Waals surface area contributed by atoms with Gasteiger partial charge in [-0.25, -0.2) is 0 Å². The van der Waals surface area contributed by atoms with Gasteiger partial charge in [0.25, 0.3) is 5.91 Å². The van der Waals surface area contributed by atoms with Gasteiger partial charge in [-0.3, -0.25) is 4.79 Å². The predicted molar refractivity (Wildman–Crippen MR) is 71.0 cm³/mol. The van der Waals surface area contributed by atoms with E-state index >= 15 is 0 Å². The molecule has 0 saturated heterocycles. The lowest BCUT2D eigenvalue weighted by Crippen LogP contribution is -2.46. The lowest BCUT2D eigenvalue weighted by Gasteiger charge is -2.34. The molecule has 16 heavy (non-hydrogen) atoms. The van der Waals surface area contributed by atoms with Crippen LogP contribution in [0.5, 0.6) is 0 Å². The van der Waals surface area contributed by atoms with Crippen LogP contribution in [-0.4, -0.2) is 29.3 Å². The Morgan fingerprint density at radius 3 is 2.31 bits per heavy atom. The number of carbonyl (C=O) groups is 1. The molecule has 0 saturated carbocycles. The summed E-state index contributed by atoms with van der Waals surface area (Å²) in [6.45, 7) is 3.88. The monoisotopic (exact) mass is 303 g/mol. The summed E-state index contributed by atoms with van der Waals surface area (Å²) < 4.78 is 0.961. The summed E-state index contributed by atoms with van der Waals surface area (Å²) in [6, 6.07) is 7.31. The van der Waals surface area contributed by atoms with E-state index in [1.807, 2.05) is 26.0 Å². The van der Waals surface area contributed by atoms with Gasteiger partial charge >= 0.3 is 0 Å². The van der Waals surface area contributed by atoms with E-state index in [0.29, 0.717) is 11.4 Å². The van der Waals surface area contributed by atoms with E-state index < -0.39 is 0 Å². The maximum Gasteiger partial charge on any atom is 0.254 e. The standard InChI is InChI=1S/C12H15BrClNO/c1-12(2,8-14)15(3)11(16)9-4-6-10(13)7-5-9/h4-7H,8H2,1-3H3. The van der Waals surface area contributed by atoms with Crippen molar-refractivity contribution in [3.05, 3.63) is 34.3 Å². The van der Waals surface area contributed by atoms with Gasteiger partial charge in [0.2, 0.25) is 0 Å². The molecule has 88 valence electrons. The van der Waals surface area contributed by atoms with Gasteiger partial charge < -0.3 is 4.90 Å². The van der Waals surface area contributed by atoms with Crippen LogP contribution in [-0.2, 0) is 0 Å². The Bertz CT molecular complexity index is 375. The number of hydrogen-bond acceptors (Lipinski definition) is 1. The molecule has 0 aliphatic carbocycles. The zero-order chi connectivity index (χ0) is 12.3. The lowest BCUT2D eigenvalue weighted by atomic mass is 10.0. The SMILES string of the molecule is CN(C(=O)c1ccc(Br)cc1)C(C)(C)CCl. The summed E-state index contributed by atoms with van der Waals surface area (Å²) in [5.41, 5.74) is 0.329. The second-order valence-electron chi connectivity index (χ2n) is 4.32. The van der Waals surface area contributed by atoms with Crippen LogP contribution < -0.4 is 0 Å². The van der Waals surface area contributed by atoms with Crippen LogP contribution in [0.3, 0.4) is 0 Å². The topological polar surface area (TPSA) is 20.3 Å². The van der Waals surface area contributed by atoms with Crippen LogP contribution in [0, 0.1) is 0 Å². The van der Waals surface area contributed by atoms with Crippen molar-refractivity contribution in [2.75, 3.05) is 12.9 Å². The third-order valence-corrected chi connectivity index (χ3v) is 3.81. The van der Waals surface area contributed by atoms with E-state index in [0.717, 1.165) is 4.47 Å². The molecular weight excluding hydrogens is 289 g/mol. The van der Waals surface area contributed by atoms with Gasteiger partial charge in [-0.15, -0.1) is 11.6 Å². The second kappa shape index (κ2) is 5.19. The molecule has 4 heteroatoms. The Kier molecular flexibility index (Phi) is 4.39. The molecule has 1 rings (SSSR count). The van der Waals surface area contributed by atoms with E-state index in [1.54, 1.807) is 24.1 Å². The van der Waals surface area contributed by atoms with Gasteiger partial charge in [0, 0.05) is 23.0 Å². The maximum absolute atomic E-state index is 12.1. The Hall–Kier alpha value is -0.540. The van der Waals surface area contributed by atoms with Crippen molar-refractivity contribution in [3.8, 4) is 0 Å². The molecule has 1 aromatic rings. The van der Waals surface area contributed by atoms with Crippen molar-refractivity contribution in [2.45, 2.75) is 19.4 Å². The molecule has 2 nitrogen and oxygen atoms in total. The van der Waals surface area contributed by atoms with Crippen molar-refractivity contribution in [2.24, 2.45) is 0 Å². The normalized spacial score (nSPS) is 11.3. The Morgan fingerprint density at radius 2 is 1.88 bits per heavy atom.